The lowest BCUT2D eigenvalue weighted by molar-refractivity contribution is -0.127. The zero-order valence-electron chi connectivity index (χ0n) is 16.0. The zero-order valence-corrected chi connectivity index (χ0v) is 16.0. The minimum absolute atomic E-state index is 0.00204. The Kier molecular flexibility index (Phi) is 5.83. The van der Waals surface area contributed by atoms with Gasteiger partial charge in [-0.2, -0.15) is 5.26 Å². The van der Waals surface area contributed by atoms with Crippen molar-refractivity contribution in [3.63, 3.8) is 0 Å². The molecule has 1 atom stereocenters. The van der Waals surface area contributed by atoms with Crippen LogP contribution in [0.3, 0.4) is 0 Å². The van der Waals surface area contributed by atoms with Crippen LogP contribution in [0.15, 0.2) is 24.3 Å². The molecule has 1 saturated heterocycles. The Morgan fingerprint density at radius 2 is 1.81 bits per heavy atom. The average molecular weight is 354 g/mol. The molecular weight excluding hydrogens is 324 g/mol. The number of anilines is 1. The minimum atomic E-state index is -0.646. The summed E-state index contributed by atoms with van der Waals surface area (Å²) in [7, 11) is 0. The lowest BCUT2D eigenvalue weighted by Crippen LogP contribution is -2.58. The molecule has 3 rings (SSSR count). The van der Waals surface area contributed by atoms with Crippen LogP contribution in [-0.4, -0.2) is 48.6 Å². The second-order valence-corrected chi connectivity index (χ2v) is 7.73. The van der Waals surface area contributed by atoms with Gasteiger partial charge in [0, 0.05) is 31.9 Å². The Morgan fingerprint density at radius 3 is 2.42 bits per heavy atom. The van der Waals surface area contributed by atoms with Crippen LogP contribution in [0, 0.1) is 18.3 Å². The van der Waals surface area contributed by atoms with Gasteiger partial charge in [0.1, 0.15) is 5.54 Å². The molecule has 1 aromatic rings. The predicted molar refractivity (Wildman–Crippen MR) is 104 cm³/mol. The molecule has 1 heterocycles. The largest absolute Gasteiger partial charge is 0.369 e. The van der Waals surface area contributed by atoms with Crippen LogP contribution >= 0.6 is 0 Å². The van der Waals surface area contributed by atoms with Crippen LogP contribution < -0.4 is 10.2 Å². The molecule has 1 aliphatic carbocycles. The number of rotatable bonds is 4. The van der Waals surface area contributed by atoms with E-state index in [0.717, 1.165) is 58.3 Å². The summed E-state index contributed by atoms with van der Waals surface area (Å²) in [4.78, 5) is 17.4. The maximum Gasteiger partial charge on any atom is 0.238 e. The maximum absolute atomic E-state index is 12.8. The number of carbonyl (C=O) groups excluding carboxylic acids is 1. The molecule has 1 amide bonds. The van der Waals surface area contributed by atoms with Crippen molar-refractivity contribution in [2.75, 3.05) is 31.1 Å². The summed E-state index contributed by atoms with van der Waals surface area (Å²) in [6.07, 6.45) is 4.77. The molecule has 1 aliphatic heterocycles. The molecule has 0 bridgehead atoms. The van der Waals surface area contributed by atoms with Crippen LogP contribution in [0.4, 0.5) is 5.69 Å². The number of carbonyl (C=O) groups is 1. The zero-order chi connectivity index (χ0) is 18.6. The molecule has 0 aromatic heterocycles. The molecule has 1 saturated carbocycles. The van der Waals surface area contributed by atoms with E-state index in [1.165, 1.54) is 11.3 Å². The number of benzene rings is 1. The second kappa shape index (κ2) is 8.09. The van der Waals surface area contributed by atoms with Crippen molar-refractivity contribution in [1.29, 1.82) is 5.26 Å². The van der Waals surface area contributed by atoms with Crippen molar-refractivity contribution in [2.24, 2.45) is 0 Å². The highest BCUT2D eigenvalue weighted by Gasteiger charge is 2.36. The average Bonchev–Trinajstić information content (AvgIpc) is 2.68. The molecule has 1 aromatic carbocycles. The number of nitrogens with one attached hydrogen (secondary N) is 1. The Labute approximate surface area is 157 Å². The third-order valence-corrected chi connectivity index (χ3v) is 5.98. The Hall–Kier alpha value is -2.06. The topological polar surface area (TPSA) is 59.4 Å². The molecule has 1 N–H and O–H groups in total. The number of piperazine rings is 1. The third kappa shape index (κ3) is 4.02. The van der Waals surface area contributed by atoms with Gasteiger partial charge >= 0.3 is 0 Å². The SMILES string of the molecule is Cc1ccccc1N1CCN(C(C)C(=O)NC2(C#N)CCCCC2)CC1. The molecule has 5 heteroatoms. The first kappa shape index (κ1) is 18.7. The number of hydrogen-bond donors (Lipinski definition) is 1. The predicted octanol–water partition coefficient (Wildman–Crippen LogP) is 2.85. The first-order valence-corrected chi connectivity index (χ1v) is 9.82. The van der Waals surface area contributed by atoms with Gasteiger partial charge in [-0.05, 0) is 38.3 Å². The number of hydrogen-bond acceptors (Lipinski definition) is 4. The summed E-state index contributed by atoms with van der Waals surface area (Å²) >= 11 is 0. The summed E-state index contributed by atoms with van der Waals surface area (Å²) in [5.74, 6) is -0.00204. The highest BCUT2D eigenvalue weighted by Crippen LogP contribution is 2.28. The van der Waals surface area contributed by atoms with E-state index in [0.29, 0.717) is 0 Å². The molecule has 5 nitrogen and oxygen atoms in total. The van der Waals surface area contributed by atoms with Crippen molar-refractivity contribution >= 4 is 11.6 Å². The van der Waals surface area contributed by atoms with Gasteiger partial charge in [-0.1, -0.05) is 37.5 Å². The fourth-order valence-corrected chi connectivity index (χ4v) is 4.19. The molecule has 1 unspecified atom stereocenters. The van der Waals surface area contributed by atoms with E-state index in [4.69, 9.17) is 0 Å². The summed E-state index contributed by atoms with van der Waals surface area (Å²) in [5, 5.41) is 12.7. The van der Waals surface area contributed by atoms with Gasteiger partial charge in [0.15, 0.2) is 0 Å². The Bertz CT molecular complexity index is 667. The highest BCUT2D eigenvalue weighted by atomic mass is 16.2. The van der Waals surface area contributed by atoms with Gasteiger partial charge in [0.05, 0.1) is 12.1 Å². The number of amides is 1. The molecule has 0 spiro atoms. The van der Waals surface area contributed by atoms with E-state index >= 15 is 0 Å². The minimum Gasteiger partial charge on any atom is -0.369 e. The van der Waals surface area contributed by atoms with Crippen LogP contribution in [0.25, 0.3) is 0 Å². The van der Waals surface area contributed by atoms with Crippen molar-refractivity contribution in [1.82, 2.24) is 10.2 Å². The maximum atomic E-state index is 12.8. The summed E-state index contributed by atoms with van der Waals surface area (Å²) in [5.41, 5.74) is 1.93. The van der Waals surface area contributed by atoms with E-state index in [2.05, 4.69) is 52.4 Å². The number of nitrogens with zero attached hydrogens (tertiary/aromatic N) is 3. The quantitative estimate of drug-likeness (QED) is 0.903. The van der Waals surface area contributed by atoms with E-state index in [9.17, 15) is 10.1 Å². The highest BCUT2D eigenvalue weighted by molar-refractivity contribution is 5.82. The molecule has 0 radical (unpaired) electrons. The number of para-hydroxylation sites is 1. The smallest absolute Gasteiger partial charge is 0.238 e. The standard InChI is InChI=1S/C21H30N4O/c1-17-8-4-5-9-19(17)25-14-12-24(13-15-25)18(2)20(26)23-21(16-22)10-6-3-7-11-21/h4-5,8-9,18H,3,6-7,10-15H2,1-2H3,(H,23,26). The van der Waals surface area contributed by atoms with Gasteiger partial charge in [-0.15, -0.1) is 0 Å². The lowest BCUT2D eigenvalue weighted by atomic mass is 9.82. The van der Waals surface area contributed by atoms with E-state index in [1.54, 1.807) is 0 Å². The van der Waals surface area contributed by atoms with E-state index < -0.39 is 5.54 Å². The first-order valence-electron chi connectivity index (χ1n) is 9.82. The van der Waals surface area contributed by atoms with E-state index in [-0.39, 0.29) is 11.9 Å². The third-order valence-electron chi connectivity index (χ3n) is 5.98. The number of nitriles is 1. The van der Waals surface area contributed by atoms with Gasteiger partial charge in [0.25, 0.3) is 0 Å². The summed E-state index contributed by atoms with van der Waals surface area (Å²) < 4.78 is 0. The van der Waals surface area contributed by atoms with E-state index in [1.807, 2.05) is 6.92 Å². The molecule has 2 fully saturated rings. The van der Waals surface area contributed by atoms with Crippen molar-refractivity contribution in [2.45, 2.75) is 57.5 Å². The van der Waals surface area contributed by atoms with Crippen molar-refractivity contribution in [3.8, 4) is 6.07 Å². The van der Waals surface area contributed by atoms with Crippen molar-refractivity contribution in [3.05, 3.63) is 29.8 Å². The lowest BCUT2D eigenvalue weighted by Gasteiger charge is -2.40. The Balaban J connectivity index is 1.56. The molecule has 140 valence electrons. The fourth-order valence-electron chi connectivity index (χ4n) is 4.19. The Morgan fingerprint density at radius 1 is 1.15 bits per heavy atom. The van der Waals surface area contributed by atoms with Crippen LogP contribution in [0.5, 0.6) is 0 Å². The van der Waals surface area contributed by atoms with Gasteiger partial charge < -0.3 is 10.2 Å². The normalized spacial score (nSPS) is 21.7. The van der Waals surface area contributed by atoms with Crippen molar-refractivity contribution < 1.29 is 4.79 Å². The summed E-state index contributed by atoms with van der Waals surface area (Å²) in [6, 6.07) is 10.6. The second-order valence-electron chi connectivity index (χ2n) is 7.73. The number of aryl methyl sites for hydroxylation is 1. The van der Waals surface area contributed by atoms with Crippen LogP contribution in [-0.2, 0) is 4.79 Å². The molecule has 2 aliphatic rings. The molecular formula is C21H30N4O. The van der Waals surface area contributed by atoms with Gasteiger partial charge in [0.2, 0.25) is 5.91 Å². The first-order chi connectivity index (χ1) is 12.5. The van der Waals surface area contributed by atoms with Crippen LogP contribution in [0.2, 0.25) is 0 Å². The van der Waals surface area contributed by atoms with Gasteiger partial charge in [-0.25, -0.2) is 0 Å². The molecule has 26 heavy (non-hydrogen) atoms. The fraction of sp³-hybridized carbons (Fsp3) is 0.619. The monoisotopic (exact) mass is 354 g/mol. The van der Waals surface area contributed by atoms with Gasteiger partial charge in [-0.3, -0.25) is 9.69 Å². The summed E-state index contributed by atoms with van der Waals surface area (Å²) in [6.45, 7) is 7.68. The van der Waals surface area contributed by atoms with Crippen LogP contribution in [0.1, 0.15) is 44.6 Å².